The van der Waals surface area contributed by atoms with E-state index < -0.39 is 0 Å². The third-order valence-corrected chi connectivity index (χ3v) is 8.83. The Balaban J connectivity index is 1.41. The highest BCUT2D eigenvalue weighted by Gasteiger charge is 2.16. The van der Waals surface area contributed by atoms with Crippen molar-refractivity contribution in [2.24, 2.45) is 0 Å². The average Bonchev–Trinajstić information content (AvgIpc) is 3.47. The van der Waals surface area contributed by atoms with Gasteiger partial charge in [-0.2, -0.15) is 0 Å². The van der Waals surface area contributed by atoms with Gasteiger partial charge in [-0.15, -0.1) is 11.3 Å². The fourth-order valence-corrected chi connectivity index (χ4v) is 6.99. The van der Waals surface area contributed by atoms with E-state index in [-0.39, 0.29) is 0 Å². The van der Waals surface area contributed by atoms with Crippen LogP contribution < -0.4 is 0 Å². The molecule has 0 amide bonds. The van der Waals surface area contributed by atoms with Gasteiger partial charge in [0.15, 0.2) is 0 Å². The summed E-state index contributed by atoms with van der Waals surface area (Å²) in [7, 11) is 0. The van der Waals surface area contributed by atoms with Crippen LogP contribution in [-0.4, -0.2) is 4.57 Å². The van der Waals surface area contributed by atoms with Crippen molar-refractivity contribution in [2.45, 2.75) is 0 Å². The van der Waals surface area contributed by atoms with Crippen molar-refractivity contribution in [2.75, 3.05) is 0 Å². The topological polar surface area (TPSA) is 4.93 Å². The number of fused-ring (bicyclic) bond motifs is 7. The summed E-state index contributed by atoms with van der Waals surface area (Å²) in [5.41, 5.74) is 5.92. The van der Waals surface area contributed by atoms with E-state index in [1.807, 2.05) is 17.4 Å². The van der Waals surface area contributed by atoms with E-state index in [9.17, 15) is 0 Å². The minimum Gasteiger partial charge on any atom is -0.309 e. The zero-order valence-corrected chi connectivity index (χ0v) is 21.4. The predicted molar refractivity (Wildman–Crippen MR) is 162 cm³/mol. The number of thiophene rings is 1. The zero-order chi connectivity index (χ0) is 24.5. The second-order valence-corrected chi connectivity index (χ2v) is 11.1. The van der Waals surface area contributed by atoms with Crippen molar-refractivity contribution in [3.63, 3.8) is 0 Å². The van der Waals surface area contributed by atoms with E-state index in [4.69, 9.17) is 11.6 Å². The predicted octanol–water partition coefficient (Wildman–Crippen LogP) is 10.6. The Morgan fingerprint density at radius 2 is 1.22 bits per heavy atom. The lowest BCUT2D eigenvalue weighted by atomic mass is 10.0. The number of hydrogen-bond acceptors (Lipinski definition) is 1. The molecule has 6 aromatic carbocycles. The number of nitrogens with zero attached hydrogens (tertiary/aromatic N) is 1. The molecule has 174 valence electrons. The van der Waals surface area contributed by atoms with Gasteiger partial charge in [0.2, 0.25) is 0 Å². The van der Waals surface area contributed by atoms with Crippen LogP contribution in [0.1, 0.15) is 0 Å². The van der Waals surface area contributed by atoms with E-state index in [1.165, 1.54) is 64.0 Å². The van der Waals surface area contributed by atoms with Gasteiger partial charge in [0.25, 0.3) is 0 Å². The zero-order valence-electron chi connectivity index (χ0n) is 19.8. The van der Waals surface area contributed by atoms with Gasteiger partial charge in [0.1, 0.15) is 0 Å². The van der Waals surface area contributed by atoms with Crippen LogP contribution >= 0.6 is 22.9 Å². The van der Waals surface area contributed by atoms with Crippen LogP contribution in [0, 0.1) is 0 Å². The highest BCUT2D eigenvalue weighted by molar-refractivity contribution is 7.25. The molecule has 37 heavy (non-hydrogen) atoms. The number of aromatic nitrogens is 1. The SMILES string of the molecule is Clc1ccc2c3cc(-c4ccc5sc6ccccc6c5c4)ccc3n(-c3cccc4ccccc34)c2c1. The van der Waals surface area contributed by atoms with Crippen molar-refractivity contribution in [1.82, 2.24) is 4.57 Å². The second kappa shape index (κ2) is 7.94. The molecule has 0 aliphatic heterocycles. The summed E-state index contributed by atoms with van der Waals surface area (Å²) >= 11 is 8.39. The van der Waals surface area contributed by atoms with Gasteiger partial charge in [-0.25, -0.2) is 0 Å². The molecule has 0 N–H and O–H groups in total. The standard InChI is InChI=1S/C34H20ClNS/c35-24-14-15-26-28-18-22(23-13-17-34-29(19-23)27-9-3-4-11-33(27)37-34)12-16-31(28)36(32(26)20-24)30-10-5-7-21-6-1-2-8-25(21)30/h1-20H. The molecule has 8 aromatic rings. The summed E-state index contributed by atoms with van der Waals surface area (Å²) in [6, 6.07) is 43.7. The lowest BCUT2D eigenvalue weighted by molar-refractivity contribution is 1.20. The second-order valence-electron chi connectivity index (χ2n) is 9.54. The molecule has 0 atom stereocenters. The van der Waals surface area contributed by atoms with Crippen molar-refractivity contribution in [3.8, 4) is 16.8 Å². The van der Waals surface area contributed by atoms with E-state index in [2.05, 4.69) is 120 Å². The number of benzene rings is 6. The Morgan fingerprint density at radius 3 is 2.14 bits per heavy atom. The minimum atomic E-state index is 0.742. The highest BCUT2D eigenvalue weighted by atomic mass is 35.5. The van der Waals surface area contributed by atoms with Crippen molar-refractivity contribution < 1.29 is 0 Å². The van der Waals surface area contributed by atoms with Gasteiger partial charge in [0.05, 0.1) is 16.7 Å². The molecule has 3 heteroatoms. The molecule has 0 saturated heterocycles. The lowest BCUT2D eigenvalue weighted by Crippen LogP contribution is -1.95. The summed E-state index contributed by atoms with van der Waals surface area (Å²) in [6.45, 7) is 0. The molecule has 2 heterocycles. The molecule has 0 aliphatic carbocycles. The molecule has 2 aromatic heterocycles. The Kier molecular flexibility index (Phi) is 4.51. The normalized spacial score (nSPS) is 11.9. The Morgan fingerprint density at radius 1 is 0.486 bits per heavy atom. The van der Waals surface area contributed by atoms with Crippen LogP contribution in [0.4, 0.5) is 0 Å². The first kappa shape index (κ1) is 21.0. The molecular weight excluding hydrogens is 490 g/mol. The molecule has 0 spiro atoms. The van der Waals surface area contributed by atoms with Crippen LogP contribution in [0.3, 0.4) is 0 Å². The van der Waals surface area contributed by atoms with Crippen LogP contribution in [0.2, 0.25) is 5.02 Å². The van der Waals surface area contributed by atoms with Gasteiger partial charge >= 0.3 is 0 Å². The molecular formula is C34H20ClNS. The minimum absolute atomic E-state index is 0.742. The Labute approximate surface area is 222 Å². The maximum absolute atomic E-state index is 6.53. The van der Waals surface area contributed by atoms with Gasteiger partial charge in [-0.1, -0.05) is 84.4 Å². The van der Waals surface area contributed by atoms with Crippen LogP contribution in [0.5, 0.6) is 0 Å². The molecule has 8 rings (SSSR count). The first-order chi connectivity index (χ1) is 18.2. The van der Waals surface area contributed by atoms with Gasteiger partial charge in [-0.3, -0.25) is 0 Å². The largest absolute Gasteiger partial charge is 0.309 e. The van der Waals surface area contributed by atoms with Crippen LogP contribution in [0.15, 0.2) is 121 Å². The summed E-state index contributed by atoms with van der Waals surface area (Å²) in [6.07, 6.45) is 0. The molecule has 0 aliphatic rings. The summed E-state index contributed by atoms with van der Waals surface area (Å²) in [5, 5.41) is 8.28. The number of hydrogen-bond donors (Lipinski definition) is 0. The fourth-order valence-electron chi connectivity index (χ4n) is 5.74. The highest BCUT2D eigenvalue weighted by Crippen LogP contribution is 2.40. The smallest absolute Gasteiger partial charge is 0.0556 e. The van der Waals surface area contributed by atoms with Crippen molar-refractivity contribution >= 4 is 75.7 Å². The molecule has 0 radical (unpaired) electrons. The van der Waals surface area contributed by atoms with Crippen molar-refractivity contribution in [1.29, 1.82) is 0 Å². The summed E-state index contributed by atoms with van der Waals surface area (Å²) < 4.78 is 5.02. The molecule has 1 nitrogen and oxygen atoms in total. The summed E-state index contributed by atoms with van der Waals surface area (Å²) in [5.74, 6) is 0. The maximum atomic E-state index is 6.53. The quantitative estimate of drug-likeness (QED) is 0.218. The fraction of sp³-hybridized carbons (Fsp3) is 0. The third kappa shape index (κ3) is 3.16. The molecule has 0 fully saturated rings. The van der Waals surface area contributed by atoms with E-state index in [0.717, 1.165) is 10.5 Å². The summed E-state index contributed by atoms with van der Waals surface area (Å²) in [4.78, 5) is 0. The lowest BCUT2D eigenvalue weighted by Gasteiger charge is -2.12. The van der Waals surface area contributed by atoms with E-state index >= 15 is 0 Å². The van der Waals surface area contributed by atoms with E-state index in [1.54, 1.807) is 0 Å². The van der Waals surface area contributed by atoms with Gasteiger partial charge in [-0.05, 0) is 65.0 Å². The Hall–Kier alpha value is -4.11. The van der Waals surface area contributed by atoms with Crippen LogP contribution in [0.25, 0.3) is 69.6 Å². The number of halogens is 1. The molecule has 0 unspecified atom stereocenters. The van der Waals surface area contributed by atoms with Crippen molar-refractivity contribution in [3.05, 3.63) is 126 Å². The van der Waals surface area contributed by atoms with Crippen LogP contribution in [-0.2, 0) is 0 Å². The first-order valence-electron chi connectivity index (χ1n) is 12.4. The molecule has 0 saturated carbocycles. The maximum Gasteiger partial charge on any atom is 0.0556 e. The van der Waals surface area contributed by atoms with Gasteiger partial charge in [0, 0.05) is 41.4 Å². The average molecular weight is 510 g/mol. The monoisotopic (exact) mass is 509 g/mol. The number of rotatable bonds is 2. The Bertz CT molecular complexity index is 2160. The molecule has 0 bridgehead atoms. The van der Waals surface area contributed by atoms with Gasteiger partial charge < -0.3 is 4.57 Å². The first-order valence-corrected chi connectivity index (χ1v) is 13.6. The third-order valence-electron chi connectivity index (χ3n) is 7.45. The van der Waals surface area contributed by atoms with E-state index in [0.29, 0.717) is 0 Å².